The predicted octanol–water partition coefficient (Wildman–Crippen LogP) is 5.75. The lowest BCUT2D eigenvalue weighted by Crippen LogP contribution is -2.27. The maximum Gasteiger partial charge on any atom is 0.352 e. The second-order valence-electron chi connectivity index (χ2n) is 7.20. The minimum atomic E-state index is -1.16. The van der Waals surface area contributed by atoms with E-state index in [-0.39, 0.29) is 11.6 Å². The fraction of sp³-hybridized carbons (Fsp3) is 0.304. The molecule has 0 spiro atoms. The highest BCUT2D eigenvalue weighted by molar-refractivity contribution is 9.10. The average Bonchev–Trinajstić information content (AvgIpc) is 3.23. The van der Waals surface area contributed by atoms with Crippen LogP contribution in [0.1, 0.15) is 44.1 Å². The summed E-state index contributed by atoms with van der Waals surface area (Å²) in [4.78, 5) is 23.7. The van der Waals surface area contributed by atoms with E-state index in [9.17, 15) is 14.7 Å². The summed E-state index contributed by atoms with van der Waals surface area (Å²) in [6.07, 6.45) is 7.43. The Labute approximate surface area is 178 Å². The number of carboxylic acids is 1. The zero-order chi connectivity index (χ0) is 20.6. The normalized spacial score (nSPS) is 14.6. The summed E-state index contributed by atoms with van der Waals surface area (Å²) >= 11 is 3.43. The number of rotatable bonds is 8. The Morgan fingerprint density at radius 3 is 2.45 bits per heavy atom. The van der Waals surface area contributed by atoms with Gasteiger partial charge in [0.2, 0.25) is 5.91 Å². The molecule has 5 nitrogen and oxygen atoms in total. The van der Waals surface area contributed by atoms with Crippen LogP contribution in [-0.4, -0.2) is 17.0 Å². The monoisotopic (exact) mass is 457 g/mol. The van der Waals surface area contributed by atoms with Crippen molar-refractivity contribution in [1.82, 2.24) is 5.32 Å². The summed E-state index contributed by atoms with van der Waals surface area (Å²) in [5.41, 5.74) is 0.541. The van der Waals surface area contributed by atoms with Gasteiger partial charge in [0.15, 0.2) is 0 Å². The van der Waals surface area contributed by atoms with Crippen LogP contribution >= 0.6 is 15.9 Å². The van der Waals surface area contributed by atoms with E-state index < -0.39 is 5.97 Å². The SMILES string of the molecule is O=C(CCC1CCCC1)N/C(=C/c1ccc(Oc2ccccc2Br)cc1)C(=O)O. The average molecular weight is 458 g/mol. The molecule has 1 saturated carbocycles. The molecule has 152 valence electrons. The second kappa shape index (κ2) is 10.3. The fourth-order valence-electron chi connectivity index (χ4n) is 3.45. The van der Waals surface area contributed by atoms with Gasteiger partial charge in [-0.25, -0.2) is 4.79 Å². The molecule has 2 aromatic carbocycles. The molecule has 1 aliphatic carbocycles. The van der Waals surface area contributed by atoms with E-state index in [1.807, 2.05) is 24.3 Å². The highest BCUT2D eigenvalue weighted by atomic mass is 79.9. The summed E-state index contributed by atoms with van der Waals surface area (Å²) in [5, 5.41) is 12.0. The molecular weight excluding hydrogens is 434 g/mol. The van der Waals surface area contributed by atoms with Crippen LogP contribution < -0.4 is 10.1 Å². The van der Waals surface area contributed by atoms with Crippen molar-refractivity contribution in [2.45, 2.75) is 38.5 Å². The minimum Gasteiger partial charge on any atom is -0.477 e. The Kier molecular flexibility index (Phi) is 7.47. The third-order valence-electron chi connectivity index (χ3n) is 5.01. The van der Waals surface area contributed by atoms with Crippen molar-refractivity contribution in [1.29, 1.82) is 0 Å². The molecule has 0 unspecified atom stereocenters. The number of carbonyl (C=O) groups is 2. The summed E-state index contributed by atoms with van der Waals surface area (Å²) in [6, 6.07) is 14.5. The number of carbonyl (C=O) groups excluding carboxylic acids is 1. The predicted molar refractivity (Wildman–Crippen MR) is 116 cm³/mol. The van der Waals surface area contributed by atoms with Crippen molar-refractivity contribution in [3.8, 4) is 11.5 Å². The Morgan fingerprint density at radius 1 is 1.10 bits per heavy atom. The number of hydrogen-bond acceptors (Lipinski definition) is 3. The van der Waals surface area contributed by atoms with Crippen LogP contribution in [0.15, 0.2) is 58.7 Å². The van der Waals surface area contributed by atoms with Crippen molar-refractivity contribution in [2.75, 3.05) is 0 Å². The zero-order valence-corrected chi connectivity index (χ0v) is 17.7. The van der Waals surface area contributed by atoms with Crippen LogP contribution in [0.5, 0.6) is 11.5 Å². The van der Waals surface area contributed by atoms with Gasteiger partial charge in [-0.3, -0.25) is 4.79 Å². The second-order valence-corrected chi connectivity index (χ2v) is 8.06. The first-order valence-corrected chi connectivity index (χ1v) is 10.6. The Hall–Kier alpha value is -2.60. The third kappa shape index (κ3) is 6.46. The molecule has 2 N–H and O–H groups in total. The topological polar surface area (TPSA) is 75.6 Å². The third-order valence-corrected chi connectivity index (χ3v) is 5.67. The number of para-hydroxylation sites is 1. The molecule has 0 heterocycles. The summed E-state index contributed by atoms with van der Waals surface area (Å²) in [6.45, 7) is 0. The summed E-state index contributed by atoms with van der Waals surface area (Å²) in [5.74, 6) is 0.505. The van der Waals surface area contributed by atoms with Gasteiger partial charge in [-0.15, -0.1) is 0 Å². The number of carboxylic acid groups (broad SMARTS) is 1. The van der Waals surface area contributed by atoms with E-state index in [0.717, 1.165) is 10.9 Å². The fourth-order valence-corrected chi connectivity index (χ4v) is 3.82. The smallest absolute Gasteiger partial charge is 0.352 e. The van der Waals surface area contributed by atoms with Gasteiger partial charge in [0.05, 0.1) is 4.47 Å². The quantitative estimate of drug-likeness (QED) is 0.494. The summed E-state index contributed by atoms with van der Waals surface area (Å²) < 4.78 is 6.65. The number of amides is 1. The van der Waals surface area contributed by atoms with Gasteiger partial charge in [0.25, 0.3) is 0 Å². The first kappa shape index (κ1) is 21.1. The van der Waals surface area contributed by atoms with E-state index in [2.05, 4.69) is 21.2 Å². The van der Waals surface area contributed by atoms with Crippen molar-refractivity contribution < 1.29 is 19.4 Å². The molecule has 0 bridgehead atoms. The van der Waals surface area contributed by atoms with Crippen LogP contribution in [0.2, 0.25) is 0 Å². The molecule has 0 radical (unpaired) electrons. The van der Waals surface area contributed by atoms with Gasteiger partial charge in [0, 0.05) is 6.42 Å². The molecule has 0 saturated heterocycles. The lowest BCUT2D eigenvalue weighted by molar-refractivity contribution is -0.134. The molecule has 0 atom stereocenters. The Morgan fingerprint density at radius 2 is 1.79 bits per heavy atom. The maximum absolute atomic E-state index is 12.2. The van der Waals surface area contributed by atoms with Gasteiger partial charge >= 0.3 is 5.97 Å². The van der Waals surface area contributed by atoms with Crippen molar-refractivity contribution in [3.05, 3.63) is 64.3 Å². The lowest BCUT2D eigenvalue weighted by Gasteiger charge is -2.10. The van der Waals surface area contributed by atoms with Gasteiger partial charge in [0.1, 0.15) is 17.2 Å². The van der Waals surface area contributed by atoms with Crippen LogP contribution in [0.3, 0.4) is 0 Å². The van der Waals surface area contributed by atoms with E-state index in [4.69, 9.17) is 4.74 Å². The number of ether oxygens (including phenoxy) is 1. The molecule has 1 fully saturated rings. The highest BCUT2D eigenvalue weighted by Gasteiger charge is 2.17. The van der Waals surface area contributed by atoms with Crippen LogP contribution in [0.4, 0.5) is 0 Å². The standard InChI is InChI=1S/C23H24BrNO4/c24-19-7-3-4-8-21(19)29-18-12-9-17(10-13-18)15-20(23(27)28)25-22(26)14-11-16-5-1-2-6-16/h3-4,7-10,12-13,15-16H,1-2,5-6,11,14H2,(H,25,26)(H,27,28)/b20-15+. The van der Waals surface area contributed by atoms with Crippen molar-refractivity contribution in [2.24, 2.45) is 5.92 Å². The van der Waals surface area contributed by atoms with Gasteiger partial charge in [-0.1, -0.05) is 49.9 Å². The highest BCUT2D eigenvalue weighted by Crippen LogP contribution is 2.30. The number of benzene rings is 2. The van der Waals surface area contributed by atoms with Gasteiger partial charge < -0.3 is 15.2 Å². The van der Waals surface area contributed by atoms with Gasteiger partial charge in [-0.05, 0) is 64.2 Å². The van der Waals surface area contributed by atoms with E-state index in [1.165, 1.54) is 31.8 Å². The number of aliphatic carboxylic acids is 1. The summed E-state index contributed by atoms with van der Waals surface area (Å²) in [7, 11) is 0. The first-order valence-electron chi connectivity index (χ1n) is 9.78. The molecule has 1 amide bonds. The van der Waals surface area contributed by atoms with Crippen LogP contribution in [-0.2, 0) is 9.59 Å². The molecule has 0 aliphatic heterocycles. The number of halogens is 1. The van der Waals surface area contributed by atoms with Crippen molar-refractivity contribution in [3.63, 3.8) is 0 Å². The lowest BCUT2D eigenvalue weighted by atomic mass is 10.0. The molecule has 3 rings (SSSR count). The molecular formula is C23H24BrNO4. The Bertz CT molecular complexity index is 886. The molecule has 2 aromatic rings. The molecule has 1 aliphatic rings. The largest absolute Gasteiger partial charge is 0.477 e. The van der Waals surface area contributed by atoms with Crippen LogP contribution in [0.25, 0.3) is 6.08 Å². The van der Waals surface area contributed by atoms with E-state index in [0.29, 0.717) is 29.4 Å². The van der Waals surface area contributed by atoms with Crippen LogP contribution in [0, 0.1) is 5.92 Å². The molecule has 0 aromatic heterocycles. The maximum atomic E-state index is 12.2. The first-order chi connectivity index (χ1) is 14.0. The van der Waals surface area contributed by atoms with Crippen molar-refractivity contribution >= 4 is 33.9 Å². The Balaban J connectivity index is 1.61. The van der Waals surface area contributed by atoms with E-state index in [1.54, 1.807) is 24.3 Å². The zero-order valence-electron chi connectivity index (χ0n) is 16.1. The molecule has 6 heteroatoms. The number of nitrogens with one attached hydrogen (secondary N) is 1. The number of hydrogen-bond donors (Lipinski definition) is 2. The minimum absolute atomic E-state index is 0.124. The van der Waals surface area contributed by atoms with Gasteiger partial charge in [-0.2, -0.15) is 0 Å². The molecule has 29 heavy (non-hydrogen) atoms. The van der Waals surface area contributed by atoms with E-state index >= 15 is 0 Å².